The van der Waals surface area contributed by atoms with Crippen molar-refractivity contribution >= 4 is 17.7 Å². The van der Waals surface area contributed by atoms with Gasteiger partial charge < -0.3 is 25.2 Å². The number of hydrogen-bond donors (Lipinski definition) is 3. The Hall–Kier alpha value is -2.44. The summed E-state index contributed by atoms with van der Waals surface area (Å²) >= 11 is 0. The molecule has 0 bridgehead atoms. The van der Waals surface area contributed by atoms with Gasteiger partial charge >= 0.3 is 12.0 Å². The lowest BCUT2D eigenvalue weighted by Crippen LogP contribution is -2.29. The Balaban J connectivity index is 2.31. The second-order valence-electron chi connectivity index (χ2n) is 4.66. The Morgan fingerprint density at radius 1 is 1.09 bits per heavy atom. The highest BCUT2D eigenvalue weighted by Crippen LogP contribution is 2.29. The first kappa shape index (κ1) is 17.6. The van der Waals surface area contributed by atoms with Gasteiger partial charge in [-0.15, -0.1) is 0 Å². The summed E-state index contributed by atoms with van der Waals surface area (Å²) in [5.74, 6) is 0.333. The molecule has 1 aromatic carbocycles. The predicted molar refractivity (Wildman–Crippen MR) is 82.7 cm³/mol. The summed E-state index contributed by atoms with van der Waals surface area (Å²) < 4.78 is 10.3. The first-order chi connectivity index (χ1) is 10.6. The van der Waals surface area contributed by atoms with Gasteiger partial charge in [0.2, 0.25) is 0 Å². The highest BCUT2D eigenvalue weighted by molar-refractivity contribution is 5.89. The number of carbonyl (C=O) groups excluding carboxylic acids is 1. The van der Waals surface area contributed by atoms with E-state index in [1.807, 2.05) is 0 Å². The van der Waals surface area contributed by atoms with Gasteiger partial charge in [0, 0.05) is 24.7 Å². The lowest BCUT2D eigenvalue weighted by molar-refractivity contribution is -0.137. The number of unbranched alkanes of at least 4 members (excludes halogenated alkanes) is 2. The van der Waals surface area contributed by atoms with Crippen LogP contribution in [-0.2, 0) is 4.79 Å². The average molecular weight is 310 g/mol. The minimum Gasteiger partial charge on any atom is -0.493 e. The fraction of sp³-hybridized carbons (Fsp3) is 0.467. The molecule has 122 valence electrons. The highest BCUT2D eigenvalue weighted by atomic mass is 16.5. The van der Waals surface area contributed by atoms with E-state index in [2.05, 4.69) is 10.6 Å². The second kappa shape index (κ2) is 9.49. The number of urea groups is 1. The van der Waals surface area contributed by atoms with Crippen LogP contribution in [0.4, 0.5) is 10.5 Å². The minimum absolute atomic E-state index is 0.165. The van der Waals surface area contributed by atoms with Gasteiger partial charge in [-0.1, -0.05) is 6.42 Å². The van der Waals surface area contributed by atoms with E-state index in [4.69, 9.17) is 14.6 Å². The molecule has 0 heterocycles. The van der Waals surface area contributed by atoms with Gasteiger partial charge in [0.25, 0.3) is 0 Å². The summed E-state index contributed by atoms with van der Waals surface area (Å²) in [6, 6.07) is 4.78. The van der Waals surface area contributed by atoms with Crippen LogP contribution in [0.2, 0.25) is 0 Å². The smallest absolute Gasteiger partial charge is 0.319 e. The zero-order chi connectivity index (χ0) is 16.4. The standard InChI is InChI=1S/C15H22N2O5/c1-21-12-8-7-11(10-13(12)22-2)17-15(20)16-9-5-3-4-6-14(18)19/h7-8,10H,3-6,9H2,1-2H3,(H,18,19)(H2,16,17,20). The van der Waals surface area contributed by atoms with E-state index in [1.165, 1.54) is 7.11 Å². The van der Waals surface area contributed by atoms with Crippen LogP contribution in [0.1, 0.15) is 25.7 Å². The molecule has 0 aliphatic rings. The van der Waals surface area contributed by atoms with Gasteiger partial charge in [-0.2, -0.15) is 0 Å². The maximum absolute atomic E-state index is 11.7. The first-order valence-electron chi connectivity index (χ1n) is 7.05. The molecular formula is C15H22N2O5. The monoisotopic (exact) mass is 310 g/mol. The second-order valence-corrected chi connectivity index (χ2v) is 4.66. The number of ether oxygens (including phenoxy) is 2. The summed E-state index contributed by atoms with van der Waals surface area (Å²) in [5, 5.41) is 13.9. The number of nitrogens with one attached hydrogen (secondary N) is 2. The van der Waals surface area contributed by atoms with Crippen molar-refractivity contribution in [2.24, 2.45) is 0 Å². The van der Waals surface area contributed by atoms with Gasteiger partial charge in [0.1, 0.15) is 0 Å². The highest BCUT2D eigenvalue weighted by Gasteiger charge is 2.07. The van der Waals surface area contributed by atoms with Crippen LogP contribution in [0, 0.1) is 0 Å². The van der Waals surface area contributed by atoms with Gasteiger partial charge in [-0.3, -0.25) is 4.79 Å². The van der Waals surface area contributed by atoms with E-state index in [9.17, 15) is 9.59 Å². The zero-order valence-electron chi connectivity index (χ0n) is 12.8. The quantitative estimate of drug-likeness (QED) is 0.609. The molecule has 2 amide bonds. The van der Waals surface area contributed by atoms with Crippen molar-refractivity contribution in [2.45, 2.75) is 25.7 Å². The average Bonchev–Trinajstić information content (AvgIpc) is 2.50. The van der Waals surface area contributed by atoms with Crippen LogP contribution in [0.25, 0.3) is 0 Å². The van der Waals surface area contributed by atoms with Crippen molar-refractivity contribution < 1.29 is 24.2 Å². The zero-order valence-corrected chi connectivity index (χ0v) is 12.8. The van der Waals surface area contributed by atoms with Crippen molar-refractivity contribution in [1.29, 1.82) is 0 Å². The lowest BCUT2D eigenvalue weighted by atomic mass is 10.2. The molecule has 22 heavy (non-hydrogen) atoms. The lowest BCUT2D eigenvalue weighted by Gasteiger charge is -2.11. The summed E-state index contributed by atoms with van der Waals surface area (Å²) in [6.45, 7) is 0.499. The number of aliphatic carboxylic acids is 1. The minimum atomic E-state index is -0.792. The molecular weight excluding hydrogens is 288 g/mol. The molecule has 0 saturated heterocycles. The van der Waals surface area contributed by atoms with Crippen molar-refractivity contribution in [3.8, 4) is 11.5 Å². The predicted octanol–water partition coefficient (Wildman–Crippen LogP) is 2.47. The summed E-state index contributed by atoms with van der Waals surface area (Å²) in [4.78, 5) is 22.1. The number of rotatable bonds is 9. The fourth-order valence-corrected chi connectivity index (χ4v) is 1.87. The van der Waals surface area contributed by atoms with Crippen molar-refractivity contribution in [3.05, 3.63) is 18.2 Å². The number of carbonyl (C=O) groups is 2. The van der Waals surface area contributed by atoms with Crippen LogP contribution < -0.4 is 20.1 Å². The van der Waals surface area contributed by atoms with Crippen LogP contribution in [-0.4, -0.2) is 37.9 Å². The maximum Gasteiger partial charge on any atom is 0.319 e. The SMILES string of the molecule is COc1ccc(NC(=O)NCCCCCC(=O)O)cc1OC. The Morgan fingerprint density at radius 2 is 1.82 bits per heavy atom. The number of amides is 2. The Morgan fingerprint density at radius 3 is 2.45 bits per heavy atom. The molecule has 7 heteroatoms. The van der Waals surface area contributed by atoms with Crippen LogP contribution in [0.5, 0.6) is 11.5 Å². The summed E-state index contributed by atoms with van der Waals surface area (Å²) in [6.07, 6.45) is 2.29. The van der Waals surface area contributed by atoms with E-state index >= 15 is 0 Å². The third kappa shape index (κ3) is 6.34. The van der Waals surface area contributed by atoms with Gasteiger partial charge in [0.05, 0.1) is 14.2 Å². The Bertz CT molecular complexity index is 505. The number of carboxylic acids is 1. The molecule has 0 fully saturated rings. The molecule has 1 aromatic rings. The molecule has 0 atom stereocenters. The van der Waals surface area contributed by atoms with Crippen LogP contribution in [0.15, 0.2) is 18.2 Å². The summed E-state index contributed by atoms with van der Waals surface area (Å²) in [5.41, 5.74) is 0.598. The van der Waals surface area contributed by atoms with E-state index in [0.717, 1.165) is 12.8 Å². The molecule has 0 aromatic heterocycles. The third-order valence-electron chi connectivity index (χ3n) is 2.99. The van der Waals surface area contributed by atoms with Crippen LogP contribution in [0.3, 0.4) is 0 Å². The topological polar surface area (TPSA) is 96.9 Å². The third-order valence-corrected chi connectivity index (χ3v) is 2.99. The van der Waals surface area contributed by atoms with E-state index in [1.54, 1.807) is 25.3 Å². The van der Waals surface area contributed by atoms with E-state index in [0.29, 0.717) is 30.2 Å². The van der Waals surface area contributed by atoms with Crippen molar-refractivity contribution in [2.75, 3.05) is 26.1 Å². The molecule has 0 radical (unpaired) electrons. The number of hydrogen-bond acceptors (Lipinski definition) is 4. The van der Waals surface area contributed by atoms with Gasteiger partial charge in [-0.25, -0.2) is 4.79 Å². The fourth-order valence-electron chi connectivity index (χ4n) is 1.87. The maximum atomic E-state index is 11.7. The van der Waals surface area contributed by atoms with Gasteiger partial charge in [0.15, 0.2) is 11.5 Å². The number of benzene rings is 1. The normalized spacial score (nSPS) is 9.91. The molecule has 7 nitrogen and oxygen atoms in total. The molecule has 0 aliphatic carbocycles. The molecule has 0 unspecified atom stereocenters. The molecule has 1 rings (SSSR count). The first-order valence-corrected chi connectivity index (χ1v) is 7.05. The largest absolute Gasteiger partial charge is 0.493 e. The van der Waals surface area contributed by atoms with Crippen LogP contribution >= 0.6 is 0 Å². The van der Waals surface area contributed by atoms with Crippen molar-refractivity contribution in [3.63, 3.8) is 0 Å². The molecule has 0 spiro atoms. The molecule has 0 saturated carbocycles. The Kier molecular flexibility index (Phi) is 7.60. The number of carboxylic acid groups (broad SMARTS) is 1. The number of anilines is 1. The van der Waals surface area contributed by atoms with Gasteiger partial charge in [-0.05, 0) is 25.0 Å². The van der Waals surface area contributed by atoms with Crippen molar-refractivity contribution in [1.82, 2.24) is 5.32 Å². The van der Waals surface area contributed by atoms with E-state index in [-0.39, 0.29) is 12.5 Å². The molecule has 3 N–H and O–H groups in total. The summed E-state index contributed by atoms with van der Waals surface area (Å²) in [7, 11) is 3.07. The Labute approximate surface area is 129 Å². The molecule has 0 aliphatic heterocycles. The number of methoxy groups -OCH3 is 2. The van der Waals surface area contributed by atoms with E-state index < -0.39 is 5.97 Å².